The molecule has 0 amide bonds. The Balaban J connectivity index is 2.09. The van der Waals surface area contributed by atoms with Gasteiger partial charge in [-0.15, -0.1) is 0 Å². The number of nitrogens with zero attached hydrogens (tertiary/aromatic N) is 1. The van der Waals surface area contributed by atoms with E-state index in [4.69, 9.17) is 4.42 Å². The van der Waals surface area contributed by atoms with Gasteiger partial charge in [-0.3, -0.25) is 0 Å². The van der Waals surface area contributed by atoms with Crippen LogP contribution >= 0.6 is 0 Å². The van der Waals surface area contributed by atoms with E-state index in [0.29, 0.717) is 17.2 Å². The lowest BCUT2D eigenvalue weighted by atomic mass is 10.2. The van der Waals surface area contributed by atoms with Crippen LogP contribution in [0.2, 0.25) is 0 Å². The summed E-state index contributed by atoms with van der Waals surface area (Å²) in [6.45, 7) is 5.64. The van der Waals surface area contributed by atoms with Gasteiger partial charge in [-0.05, 0) is 44.5 Å². The van der Waals surface area contributed by atoms with Gasteiger partial charge in [-0.2, -0.15) is 0 Å². The second kappa shape index (κ2) is 6.30. The van der Waals surface area contributed by atoms with Gasteiger partial charge in [0.05, 0.1) is 16.8 Å². The van der Waals surface area contributed by atoms with E-state index in [2.05, 4.69) is 10.3 Å². The summed E-state index contributed by atoms with van der Waals surface area (Å²) in [4.78, 5) is 4.52. The number of hydrogen-bond donors (Lipinski definition) is 1. The molecule has 0 saturated carbocycles. The predicted octanol–water partition coefficient (Wildman–Crippen LogP) is 3.34. The topological polar surface area (TPSA) is 72.2 Å². The summed E-state index contributed by atoms with van der Waals surface area (Å²) in [5.74, 6) is 1.54. The largest absolute Gasteiger partial charge is 0.444 e. The Morgan fingerprint density at radius 3 is 2.48 bits per heavy atom. The van der Waals surface area contributed by atoms with Gasteiger partial charge in [-0.1, -0.05) is 6.92 Å². The second-order valence-corrected chi connectivity index (χ2v) is 7.13. The Labute approximate surface area is 125 Å². The molecule has 0 radical (unpaired) electrons. The van der Waals surface area contributed by atoms with Crippen molar-refractivity contribution in [3.8, 4) is 0 Å². The Hall–Kier alpha value is -1.82. The van der Waals surface area contributed by atoms with Gasteiger partial charge in [0.1, 0.15) is 11.8 Å². The Kier molecular flexibility index (Phi) is 4.67. The molecule has 0 spiro atoms. The average Bonchev–Trinajstić information content (AvgIpc) is 2.86. The van der Waals surface area contributed by atoms with Gasteiger partial charge in [0.15, 0.2) is 9.84 Å². The maximum atomic E-state index is 11.9. The number of aryl methyl sites for hydroxylation is 1. The molecule has 114 valence electrons. The molecule has 0 aliphatic rings. The number of oxazole rings is 1. The van der Waals surface area contributed by atoms with Gasteiger partial charge in [0, 0.05) is 5.69 Å². The Morgan fingerprint density at radius 2 is 1.95 bits per heavy atom. The molecule has 21 heavy (non-hydrogen) atoms. The summed E-state index contributed by atoms with van der Waals surface area (Å²) in [6, 6.07) is 6.68. The van der Waals surface area contributed by atoms with E-state index in [0.717, 1.165) is 11.4 Å². The molecular formula is C15H20N2O3S. The quantitative estimate of drug-likeness (QED) is 0.886. The Morgan fingerprint density at radius 1 is 1.29 bits per heavy atom. The molecular weight excluding hydrogens is 288 g/mol. The van der Waals surface area contributed by atoms with E-state index in [1.165, 1.54) is 0 Å². The molecule has 0 saturated heterocycles. The van der Waals surface area contributed by atoms with Gasteiger partial charge in [0.2, 0.25) is 5.89 Å². The number of sulfone groups is 1. The second-order valence-electron chi connectivity index (χ2n) is 5.02. The van der Waals surface area contributed by atoms with Crippen molar-refractivity contribution in [2.75, 3.05) is 11.1 Å². The van der Waals surface area contributed by atoms with Crippen molar-refractivity contribution in [2.24, 2.45) is 0 Å². The van der Waals surface area contributed by atoms with Crippen LogP contribution in [0.3, 0.4) is 0 Å². The van der Waals surface area contributed by atoms with Crippen LogP contribution in [0.5, 0.6) is 0 Å². The first-order valence-electron chi connectivity index (χ1n) is 6.94. The molecule has 0 fully saturated rings. The third kappa shape index (κ3) is 3.85. The van der Waals surface area contributed by atoms with E-state index < -0.39 is 9.84 Å². The fourth-order valence-electron chi connectivity index (χ4n) is 2.03. The lowest BCUT2D eigenvalue weighted by Gasteiger charge is -2.12. The highest BCUT2D eigenvalue weighted by Crippen LogP contribution is 2.21. The molecule has 1 heterocycles. The zero-order valence-corrected chi connectivity index (χ0v) is 13.3. The zero-order valence-electron chi connectivity index (χ0n) is 12.5. The molecule has 1 N–H and O–H groups in total. The first-order valence-corrected chi connectivity index (χ1v) is 8.59. The van der Waals surface area contributed by atoms with Crippen LogP contribution in [-0.4, -0.2) is 19.2 Å². The highest BCUT2D eigenvalue weighted by Gasteiger charge is 2.14. The van der Waals surface area contributed by atoms with Crippen LogP contribution in [0.25, 0.3) is 0 Å². The van der Waals surface area contributed by atoms with Crippen LogP contribution in [0, 0.1) is 6.92 Å². The minimum atomic E-state index is -3.16. The summed E-state index contributed by atoms with van der Waals surface area (Å²) in [5, 5.41) is 3.23. The first kappa shape index (κ1) is 15.6. The SMILES string of the molecule is CCCS(=O)(=O)c1ccc(NC(C)c2ncc(C)o2)cc1. The molecule has 6 heteroatoms. The van der Waals surface area contributed by atoms with Crippen molar-refractivity contribution in [3.63, 3.8) is 0 Å². The summed E-state index contributed by atoms with van der Waals surface area (Å²) in [7, 11) is -3.16. The number of nitrogens with one attached hydrogen (secondary N) is 1. The van der Waals surface area contributed by atoms with Gasteiger partial charge in [0.25, 0.3) is 0 Å². The van der Waals surface area contributed by atoms with Crippen LogP contribution in [0.1, 0.15) is 38.0 Å². The normalized spacial score (nSPS) is 13.1. The lowest BCUT2D eigenvalue weighted by Crippen LogP contribution is -2.08. The highest BCUT2D eigenvalue weighted by atomic mass is 32.2. The smallest absolute Gasteiger partial charge is 0.216 e. The van der Waals surface area contributed by atoms with Crippen LogP contribution < -0.4 is 5.32 Å². The molecule has 1 atom stereocenters. The maximum absolute atomic E-state index is 11.9. The predicted molar refractivity (Wildman–Crippen MR) is 82.1 cm³/mol. The van der Waals surface area contributed by atoms with Gasteiger partial charge < -0.3 is 9.73 Å². The molecule has 1 aromatic heterocycles. The lowest BCUT2D eigenvalue weighted by molar-refractivity contribution is 0.453. The monoisotopic (exact) mass is 308 g/mol. The van der Waals surface area contributed by atoms with Crippen LogP contribution in [-0.2, 0) is 9.84 Å². The van der Waals surface area contributed by atoms with E-state index in [-0.39, 0.29) is 11.8 Å². The fourth-order valence-corrected chi connectivity index (χ4v) is 3.35. The molecule has 1 unspecified atom stereocenters. The number of rotatable bonds is 6. The molecule has 2 rings (SSSR count). The molecule has 0 aliphatic heterocycles. The minimum Gasteiger partial charge on any atom is -0.444 e. The van der Waals surface area contributed by atoms with E-state index in [9.17, 15) is 8.42 Å². The first-order chi connectivity index (χ1) is 9.92. The number of aromatic nitrogens is 1. The third-order valence-electron chi connectivity index (χ3n) is 3.08. The Bertz CT molecular complexity index is 690. The van der Waals surface area contributed by atoms with Gasteiger partial charge >= 0.3 is 0 Å². The van der Waals surface area contributed by atoms with Gasteiger partial charge in [-0.25, -0.2) is 13.4 Å². The van der Waals surface area contributed by atoms with Crippen molar-refractivity contribution in [2.45, 2.75) is 38.1 Å². The van der Waals surface area contributed by atoms with Crippen LogP contribution in [0.15, 0.2) is 39.8 Å². The number of anilines is 1. The van der Waals surface area contributed by atoms with E-state index >= 15 is 0 Å². The van der Waals surface area contributed by atoms with Crippen molar-refractivity contribution >= 4 is 15.5 Å². The van der Waals surface area contributed by atoms with Crippen molar-refractivity contribution in [3.05, 3.63) is 42.1 Å². The van der Waals surface area contributed by atoms with Crippen LogP contribution in [0.4, 0.5) is 5.69 Å². The standard InChI is InChI=1S/C15H20N2O3S/c1-4-9-21(18,19)14-7-5-13(6-8-14)17-12(3)15-16-10-11(2)20-15/h5-8,10,12,17H,4,9H2,1-3H3. The number of benzene rings is 1. The third-order valence-corrected chi connectivity index (χ3v) is 5.02. The van der Waals surface area contributed by atoms with E-state index in [1.807, 2.05) is 20.8 Å². The summed E-state index contributed by atoms with van der Waals surface area (Å²) in [6.07, 6.45) is 2.29. The highest BCUT2D eigenvalue weighted by molar-refractivity contribution is 7.91. The molecule has 0 aliphatic carbocycles. The van der Waals surface area contributed by atoms with Crippen molar-refractivity contribution < 1.29 is 12.8 Å². The average molecular weight is 308 g/mol. The molecule has 1 aromatic carbocycles. The van der Waals surface area contributed by atoms with Crippen molar-refractivity contribution in [1.82, 2.24) is 4.98 Å². The summed E-state index contributed by atoms with van der Waals surface area (Å²) in [5.41, 5.74) is 0.828. The molecule has 0 bridgehead atoms. The minimum absolute atomic E-state index is 0.0863. The summed E-state index contributed by atoms with van der Waals surface area (Å²) >= 11 is 0. The fraction of sp³-hybridized carbons (Fsp3) is 0.400. The van der Waals surface area contributed by atoms with Crippen molar-refractivity contribution in [1.29, 1.82) is 0 Å². The molecule has 2 aromatic rings. The zero-order chi connectivity index (χ0) is 15.5. The number of hydrogen-bond acceptors (Lipinski definition) is 5. The summed E-state index contributed by atoms with van der Waals surface area (Å²) < 4.78 is 29.3. The molecule has 5 nitrogen and oxygen atoms in total. The van der Waals surface area contributed by atoms with E-state index in [1.54, 1.807) is 30.5 Å². The maximum Gasteiger partial charge on any atom is 0.216 e.